The Morgan fingerprint density at radius 2 is 2.07 bits per heavy atom. The Labute approximate surface area is 178 Å². The van der Waals surface area contributed by atoms with Crippen molar-refractivity contribution in [1.29, 1.82) is 0 Å². The summed E-state index contributed by atoms with van der Waals surface area (Å²) in [6.45, 7) is 8.04. The molecule has 158 valence electrons. The Hall–Kier alpha value is -2.75. The molecule has 2 aromatic heterocycles. The van der Waals surface area contributed by atoms with E-state index < -0.39 is 0 Å². The first-order chi connectivity index (χ1) is 14.6. The Morgan fingerprint density at radius 1 is 1.27 bits per heavy atom. The molecule has 30 heavy (non-hydrogen) atoms. The van der Waals surface area contributed by atoms with Gasteiger partial charge in [0.05, 0.1) is 35.7 Å². The summed E-state index contributed by atoms with van der Waals surface area (Å²) in [5.41, 5.74) is 3.07. The van der Waals surface area contributed by atoms with Crippen LogP contribution < -0.4 is 10.1 Å². The Kier molecular flexibility index (Phi) is 6.41. The van der Waals surface area contributed by atoms with Gasteiger partial charge in [-0.3, -0.25) is 15.0 Å². The van der Waals surface area contributed by atoms with Crippen LogP contribution in [0, 0.1) is 13.8 Å². The highest BCUT2D eigenvalue weighted by atomic mass is 32.1. The molecule has 8 nitrogen and oxygen atoms in total. The van der Waals surface area contributed by atoms with Crippen LogP contribution >= 0.6 is 11.3 Å². The van der Waals surface area contributed by atoms with Crippen molar-refractivity contribution in [2.45, 2.75) is 27.0 Å². The number of rotatable bonds is 7. The van der Waals surface area contributed by atoms with Crippen molar-refractivity contribution in [2.24, 2.45) is 0 Å². The maximum atomic E-state index is 12.8. The summed E-state index contributed by atoms with van der Waals surface area (Å²) in [4.78, 5) is 19.7. The fourth-order valence-electron chi connectivity index (χ4n) is 3.23. The summed E-state index contributed by atoms with van der Waals surface area (Å²) in [5, 5.41) is 9.37. The van der Waals surface area contributed by atoms with Crippen LogP contribution in [0.2, 0.25) is 0 Å². The third kappa shape index (κ3) is 4.86. The van der Waals surface area contributed by atoms with Gasteiger partial charge in [-0.15, -0.1) is 11.3 Å². The lowest BCUT2D eigenvalue weighted by Gasteiger charge is -2.25. The van der Waals surface area contributed by atoms with Crippen molar-refractivity contribution in [2.75, 3.05) is 31.6 Å². The summed E-state index contributed by atoms with van der Waals surface area (Å²) < 4.78 is 16.5. The van der Waals surface area contributed by atoms with Gasteiger partial charge in [-0.25, -0.2) is 4.98 Å². The number of ether oxygens (including phenoxy) is 2. The van der Waals surface area contributed by atoms with E-state index in [4.69, 9.17) is 14.0 Å². The van der Waals surface area contributed by atoms with Crippen molar-refractivity contribution in [1.82, 2.24) is 15.0 Å². The van der Waals surface area contributed by atoms with Crippen LogP contribution in [0.3, 0.4) is 0 Å². The van der Waals surface area contributed by atoms with Crippen LogP contribution in [-0.4, -0.2) is 47.3 Å². The number of morpholine rings is 1. The maximum Gasteiger partial charge on any atom is 0.261 e. The number of para-hydroxylation sites is 1. The quantitative estimate of drug-likeness (QED) is 0.617. The second kappa shape index (κ2) is 9.38. The highest BCUT2D eigenvalue weighted by Crippen LogP contribution is 2.24. The predicted octanol–water partition coefficient (Wildman–Crippen LogP) is 3.41. The van der Waals surface area contributed by atoms with Gasteiger partial charge in [-0.05, 0) is 26.0 Å². The molecule has 1 amide bonds. The summed E-state index contributed by atoms with van der Waals surface area (Å²) in [6, 6.07) is 7.16. The van der Waals surface area contributed by atoms with Gasteiger partial charge in [0.25, 0.3) is 5.91 Å². The number of hydrogen-bond acceptors (Lipinski definition) is 8. The summed E-state index contributed by atoms with van der Waals surface area (Å²) in [7, 11) is 0. The van der Waals surface area contributed by atoms with Gasteiger partial charge in [0.15, 0.2) is 5.13 Å². The zero-order valence-electron chi connectivity index (χ0n) is 17.0. The third-order valence-corrected chi connectivity index (χ3v) is 5.75. The van der Waals surface area contributed by atoms with Gasteiger partial charge in [0, 0.05) is 25.0 Å². The van der Waals surface area contributed by atoms with Crippen molar-refractivity contribution in [3.05, 3.63) is 57.9 Å². The minimum atomic E-state index is -0.253. The lowest BCUT2D eigenvalue weighted by Crippen LogP contribution is -2.35. The fourth-order valence-corrected chi connectivity index (χ4v) is 3.92. The van der Waals surface area contributed by atoms with Gasteiger partial charge < -0.3 is 14.0 Å². The van der Waals surface area contributed by atoms with Gasteiger partial charge >= 0.3 is 0 Å². The summed E-state index contributed by atoms with van der Waals surface area (Å²) >= 11 is 1.42. The number of benzene rings is 1. The molecule has 0 bridgehead atoms. The molecule has 0 unspecified atom stereocenters. The molecule has 3 aromatic rings. The smallest absolute Gasteiger partial charge is 0.261 e. The second-order valence-corrected chi connectivity index (χ2v) is 7.93. The van der Waals surface area contributed by atoms with Crippen LogP contribution in [0.25, 0.3) is 0 Å². The number of aryl methyl sites for hydroxylation is 2. The second-order valence-electron chi connectivity index (χ2n) is 7.07. The number of amides is 1. The first kappa shape index (κ1) is 20.5. The van der Waals surface area contributed by atoms with Crippen LogP contribution in [0.4, 0.5) is 5.13 Å². The molecule has 9 heteroatoms. The topological polar surface area (TPSA) is 89.7 Å². The van der Waals surface area contributed by atoms with Gasteiger partial charge in [-0.2, -0.15) is 0 Å². The van der Waals surface area contributed by atoms with E-state index in [2.05, 4.69) is 20.4 Å². The highest BCUT2D eigenvalue weighted by molar-refractivity contribution is 7.14. The van der Waals surface area contributed by atoms with Crippen LogP contribution in [0.1, 0.15) is 33.1 Å². The number of nitrogens with zero attached hydrogens (tertiary/aromatic N) is 3. The molecule has 1 fully saturated rings. The normalized spacial score (nSPS) is 14.6. The average Bonchev–Trinajstić information content (AvgIpc) is 3.33. The van der Waals surface area contributed by atoms with Crippen LogP contribution in [0.15, 0.2) is 34.2 Å². The summed E-state index contributed by atoms with van der Waals surface area (Å²) in [6.07, 6.45) is 0. The molecular weight excluding hydrogens is 404 g/mol. The van der Waals surface area contributed by atoms with E-state index in [0.717, 1.165) is 49.8 Å². The number of carbonyl (C=O) groups excluding carboxylic acids is 1. The van der Waals surface area contributed by atoms with E-state index in [1.54, 1.807) is 12.1 Å². The minimum absolute atomic E-state index is 0.253. The van der Waals surface area contributed by atoms with Crippen molar-refractivity contribution in [3.63, 3.8) is 0 Å². The molecule has 1 aliphatic rings. The first-order valence-corrected chi connectivity index (χ1v) is 10.7. The van der Waals surface area contributed by atoms with E-state index in [1.165, 1.54) is 11.3 Å². The average molecular weight is 429 g/mol. The van der Waals surface area contributed by atoms with Crippen molar-refractivity contribution < 1.29 is 18.8 Å². The standard InChI is InChI=1S/C21H24N4O4S/c1-14-18(15(2)29-24-14)12-28-19-6-4-3-5-17(19)20(26)23-21-22-16(13-30-21)11-25-7-9-27-10-8-25/h3-6,13H,7-12H2,1-2H3,(H,22,23,26). The molecule has 1 aliphatic heterocycles. The number of thiazole rings is 1. The molecule has 3 heterocycles. The molecule has 1 aromatic carbocycles. The summed E-state index contributed by atoms with van der Waals surface area (Å²) in [5.74, 6) is 0.960. The fraction of sp³-hybridized carbons (Fsp3) is 0.381. The molecule has 0 aliphatic carbocycles. The molecule has 4 rings (SSSR count). The molecule has 1 saturated heterocycles. The zero-order chi connectivity index (χ0) is 20.9. The maximum absolute atomic E-state index is 12.8. The van der Waals surface area contributed by atoms with E-state index in [1.807, 2.05) is 31.4 Å². The molecule has 0 radical (unpaired) electrons. The molecule has 0 saturated carbocycles. The first-order valence-electron chi connectivity index (χ1n) is 9.79. The van der Waals surface area contributed by atoms with Gasteiger partial charge in [0.1, 0.15) is 18.1 Å². The van der Waals surface area contributed by atoms with E-state index in [0.29, 0.717) is 22.2 Å². The molecule has 1 N–H and O–H groups in total. The molecule has 0 atom stereocenters. The number of hydrogen-bond donors (Lipinski definition) is 1. The Bertz CT molecular complexity index is 991. The van der Waals surface area contributed by atoms with Gasteiger partial charge in [-0.1, -0.05) is 17.3 Å². The van der Waals surface area contributed by atoms with Crippen LogP contribution in [0.5, 0.6) is 5.75 Å². The predicted molar refractivity (Wildman–Crippen MR) is 113 cm³/mol. The SMILES string of the molecule is Cc1noc(C)c1COc1ccccc1C(=O)Nc1nc(CN2CCOCC2)cs1. The van der Waals surface area contributed by atoms with Crippen molar-refractivity contribution in [3.8, 4) is 5.75 Å². The monoisotopic (exact) mass is 428 g/mol. The lowest BCUT2D eigenvalue weighted by molar-refractivity contribution is 0.0337. The molecule has 0 spiro atoms. The van der Waals surface area contributed by atoms with Crippen LogP contribution in [-0.2, 0) is 17.9 Å². The Balaban J connectivity index is 1.40. The lowest BCUT2D eigenvalue weighted by atomic mass is 10.2. The van der Waals surface area contributed by atoms with E-state index >= 15 is 0 Å². The zero-order valence-corrected chi connectivity index (χ0v) is 17.8. The number of anilines is 1. The molecular formula is C21H24N4O4S. The van der Waals surface area contributed by atoms with Crippen molar-refractivity contribution >= 4 is 22.4 Å². The number of nitrogens with one attached hydrogen (secondary N) is 1. The van der Waals surface area contributed by atoms with E-state index in [9.17, 15) is 4.79 Å². The van der Waals surface area contributed by atoms with E-state index in [-0.39, 0.29) is 12.5 Å². The highest BCUT2D eigenvalue weighted by Gasteiger charge is 2.17. The largest absolute Gasteiger partial charge is 0.488 e. The Morgan fingerprint density at radius 3 is 2.83 bits per heavy atom. The third-order valence-electron chi connectivity index (χ3n) is 4.95. The minimum Gasteiger partial charge on any atom is -0.488 e. The number of aromatic nitrogens is 2. The van der Waals surface area contributed by atoms with Gasteiger partial charge in [0.2, 0.25) is 0 Å². The number of carbonyl (C=O) groups is 1.